The Kier molecular flexibility index (Phi) is 7.76. The van der Waals surface area contributed by atoms with Gasteiger partial charge in [-0.2, -0.15) is 4.31 Å². The van der Waals surface area contributed by atoms with Gasteiger partial charge in [0.15, 0.2) is 0 Å². The highest BCUT2D eigenvalue weighted by Crippen LogP contribution is 2.29. The van der Waals surface area contributed by atoms with E-state index in [4.69, 9.17) is 4.74 Å². The molecule has 0 spiro atoms. The van der Waals surface area contributed by atoms with Gasteiger partial charge in [-0.3, -0.25) is 4.79 Å². The maximum absolute atomic E-state index is 13.7. The molecule has 172 valence electrons. The van der Waals surface area contributed by atoms with Crippen LogP contribution in [0.5, 0.6) is 5.75 Å². The predicted molar refractivity (Wildman–Crippen MR) is 123 cm³/mol. The summed E-state index contributed by atoms with van der Waals surface area (Å²) in [4.78, 5) is 13.2. The molecule has 0 amide bonds. The standard InChI is InChI=1S/C24H35NO5S/c1-16(2)12-13-25(22(17(3)4)23(27)30-24(5,6)7)31(28,29)21-11-9-18-14-20(26)10-8-19(18)15-21/h8-11,14-17,22,26H,12-13H2,1-7H3/t22-/m1/s1. The van der Waals surface area contributed by atoms with Gasteiger partial charge in [0.05, 0.1) is 4.90 Å². The summed E-state index contributed by atoms with van der Waals surface area (Å²) in [7, 11) is -3.97. The number of carbonyl (C=O) groups excluding carboxylic acids is 1. The van der Waals surface area contributed by atoms with Crippen molar-refractivity contribution in [3.63, 3.8) is 0 Å². The third-order valence-electron chi connectivity index (χ3n) is 4.92. The fourth-order valence-electron chi connectivity index (χ4n) is 3.39. The minimum Gasteiger partial charge on any atom is -0.508 e. The van der Waals surface area contributed by atoms with Gasteiger partial charge in [0.25, 0.3) is 0 Å². The Morgan fingerprint density at radius 3 is 2.16 bits per heavy atom. The SMILES string of the molecule is CC(C)CCN([C@@H](C(=O)OC(C)(C)C)C(C)C)S(=O)(=O)c1ccc2cc(O)ccc2c1. The first kappa shape index (κ1) is 25.1. The molecular formula is C24H35NO5S. The van der Waals surface area contributed by atoms with Crippen molar-refractivity contribution in [2.45, 2.75) is 71.4 Å². The first-order valence-corrected chi connectivity index (χ1v) is 12.1. The number of esters is 1. The van der Waals surface area contributed by atoms with Gasteiger partial charge in [-0.05, 0) is 74.1 Å². The summed E-state index contributed by atoms with van der Waals surface area (Å²) in [5, 5.41) is 11.1. The molecule has 0 aliphatic heterocycles. The highest BCUT2D eigenvalue weighted by Gasteiger charge is 2.40. The summed E-state index contributed by atoms with van der Waals surface area (Å²) in [6.45, 7) is 13.2. The van der Waals surface area contributed by atoms with Crippen LogP contribution >= 0.6 is 0 Å². The summed E-state index contributed by atoms with van der Waals surface area (Å²) < 4.78 is 34.4. The number of carbonyl (C=O) groups is 1. The van der Waals surface area contributed by atoms with Crippen LogP contribution in [-0.2, 0) is 19.6 Å². The van der Waals surface area contributed by atoms with Gasteiger partial charge in [0, 0.05) is 6.54 Å². The van der Waals surface area contributed by atoms with Crippen molar-refractivity contribution in [3.05, 3.63) is 36.4 Å². The Morgan fingerprint density at radius 2 is 1.61 bits per heavy atom. The molecule has 2 aromatic rings. The zero-order valence-corrected chi connectivity index (χ0v) is 20.4. The summed E-state index contributed by atoms with van der Waals surface area (Å²) in [6.07, 6.45) is 0.618. The van der Waals surface area contributed by atoms with Crippen molar-refractivity contribution in [1.82, 2.24) is 4.31 Å². The van der Waals surface area contributed by atoms with E-state index >= 15 is 0 Å². The largest absolute Gasteiger partial charge is 0.508 e. The lowest BCUT2D eigenvalue weighted by Gasteiger charge is -2.34. The maximum Gasteiger partial charge on any atom is 0.325 e. The maximum atomic E-state index is 13.7. The average Bonchev–Trinajstić information content (AvgIpc) is 2.62. The van der Waals surface area contributed by atoms with Crippen molar-refractivity contribution < 1.29 is 23.1 Å². The smallest absolute Gasteiger partial charge is 0.325 e. The number of hydrogen-bond acceptors (Lipinski definition) is 5. The lowest BCUT2D eigenvalue weighted by atomic mass is 10.0. The molecule has 0 fully saturated rings. The molecule has 31 heavy (non-hydrogen) atoms. The molecule has 1 N–H and O–H groups in total. The van der Waals surface area contributed by atoms with Gasteiger partial charge in [-0.1, -0.05) is 39.8 Å². The number of phenols is 1. The van der Waals surface area contributed by atoms with Gasteiger partial charge < -0.3 is 9.84 Å². The van der Waals surface area contributed by atoms with E-state index < -0.39 is 27.6 Å². The van der Waals surface area contributed by atoms with E-state index in [0.717, 1.165) is 5.39 Å². The number of hydrogen-bond donors (Lipinski definition) is 1. The monoisotopic (exact) mass is 449 g/mol. The number of sulfonamides is 1. The average molecular weight is 450 g/mol. The number of ether oxygens (including phenoxy) is 1. The van der Waals surface area contributed by atoms with Gasteiger partial charge in [-0.15, -0.1) is 0 Å². The molecule has 2 rings (SSSR count). The molecule has 6 nitrogen and oxygen atoms in total. The zero-order chi connectivity index (χ0) is 23.6. The Labute approximate surface area is 186 Å². The quantitative estimate of drug-likeness (QED) is 0.577. The van der Waals surface area contributed by atoms with Crippen LogP contribution in [0.4, 0.5) is 0 Å². The second-order valence-electron chi connectivity index (χ2n) is 9.71. The molecule has 0 unspecified atom stereocenters. The minimum atomic E-state index is -3.97. The molecule has 0 saturated carbocycles. The van der Waals surface area contributed by atoms with Crippen LogP contribution in [0.15, 0.2) is 41.3 Å². The van der Waals surface area contributed by atoms with Crippen LogP contribution in [0.3, 0.4) is 0 Å². The van der Waals surface area contributed by atoms with Gasteiger partial charge >= 0.3 is 5.97 Å². The number of rotatable bonds is 8. The third-order valence-corrected chi connectivity index (χ3v) is 6.80. The van der Waals surface area contributed by atoms with Crippen LogP contribution in [-0.4, -0.2) is 42.0 Å². The second kappa shape index (κ2) is 9.57. The summed E-state index contributed by atoms with van der Waals surface area (Å²) >= 11 is 0. The van der Waals surface area contributed by atoms with E-state index in [-0.39, 0.29) is 29.0 Å². The van der Waals surface area contributed by atoms with Crippen molar-refractivity contribution in [3.8, 4) is 5.75 Å². The van der Waals surface area contributed by atoms with Crippen LogP contribution in [0.2, 0.25) is 0 Å². The Hall–Kier alpha value is -2.12. The molecule has 0 bridgehead atoms. The summed E-state index contributed by atoms with van der Waals surface area (Å²) in [6, 6.07) is 8.62. The molecule has 7 heteroatoms. The predicted octanol–water partition coefficient (Wildman–Crippen LogP) is 4.95. The number of nitrogens with zero attached hydrogens (tertiary/aromatic N) is 1. The zero-order valence-electron chi connectivity index (χ0n) is 19.5. The number of aromatic hydroxyl groups is 1. The number of phenolic OH excluding ortho intramolecular Hbond substituents is 1. The fourth-order valence-corrected chi connectivity index (χ4v) is 5.15. The van der Waals surface area contributed by atoms with Gasteiger partial charge in [0.1, 0.15) is 17.4 Å². The summed E-state index contributed by atoms with van der Waals surface area (Å²) in [5.41, 5.74) is -0.720. The first-order valence-electron chi connectivity index (χ1n) is 10.7. The Morgan fingerprint density at radius 1 is 1.03 bits per heavy atom. The number of benzene rings is 2. The molecule has 0 aliphatic rings. The molecule has 2 aromatic carbocycles. The number of fused-ring (bicyclic) bond motifs is 1. The highest BCUT2D eigenvalue weighted by molar-refractivity contribution is 7.89. The molecule has 1 atom stereocenters. The van der Waals surface area contributed by atoms with E-state index in [1.165, 1.54) is 16.4 Å². The topological polar surface area (TPSA) is 83.9 Å². The first-order chi connectivity index (χ1) is 14.2. The lowest BCUT2D eigenvalue weighted by molar-refractivity contribution is -0.161. The molecule has 0 radical (unpaired) electrons. The van der Waals surface area contributed by atoms with E-state index in [1.54, 1.807) is 45.0 Å². The fraction of sp³-hybridized carbons (Fsp3) is 0.542. The van der Waals surface area contributed by atoms with Crippen LogP contribution in [0.25, 0.3) is 10.8 Å². The van der Waals surface area contributed by atoms with Gasteiger partial charge in [0.2, 0.25) is 10.0 Å². The van der Waals surface area contributed by atoms with Crippen molar-refractivity contribution in [1.29, 1.82) is 0 Å². The summed E-state index contributed by atoms with van der Waals surface area (Å²) in [5.74, 6) is -0.426. The van der Waals surface area contributed by atoms with Crippen LogP contribution in [0, 0.1) is 11.8 Å². The Bertz CT molecular complexity index is 1020. The van der Waals surface area contributed by atoms with Crippen LogP contribution < -0.4 is 0 Å². The molecule has 0 aliphatic carbocycles. The van der Waals surface area contributed by atoms with Crippen molar-refractivity contribution in [2.75, 3.05) is 6.54 Å². The molecular weight excluding hydrogens is 414 g/mol. The van der Waals surface area contributed by atoms with E-state index in [9.17, 15) is 18.3 Å². The molecule has 0 aromatic heterocycles. The molecule has 0 saturated heterocycles. The second-order valence-corrected chi connectivity index (χ2v) is 11.6. The minimum absolute atomic E-state index is 0.114. The van der Waals surface area contributed by atoms with E-state index in [2.05, 4.69) is 0 Å². The van der Waals surface area contributed by atoms with Crippen molar-refractivity contribution in [2.24, 2.45) is 11.8 Å². The molecule has 0 heterocycles. The van der Waals surface area contributed by atoms with Gasteiger partial charge in [-0.25, -0.2) is 8.42 Å². The van der Waals surface area contributed by atoms with E-state index in [1.807, 2.05) is 27.7 Å². The Balaban J connectivity index is 2.55. The lowest BCUT2D eigenvalue weighted by Crippen LogP contribution is -2.50. The third kappa shape index (κ3) is 6.43. The van der Waals surface area contributed by atoms with E-state index in [0.29, 0.717) is 11.8 Å². The van der Waals surface area contributed by atoms with Crippen molar-refractivity contribution >= 4 is 26.8 Å². The van der Waals surface area contributed by atoms with Crippen LogP contribution in [0.1, 0.15) is 54.9 Å². The normalized spacial score (nSPS) is 13.9. The highest BCUT2D eigenvalue weighted by atomic mass is 32.2.